The Morgan fingerprint density at radius 1 is 1.04 bits per heavy atom. The Hall–Kier alpha value is -2.49. The van der Waals surface area contributed by atoms with Gasteiger partial charge in [-0.15, -0.1) is 0 Å². The Morgan fingerprint density at radius 2 is 1.77 bits per heavy atom. The Kier molecular flexibility index (Phi) is 5.82. The van der Waals surface area contributed by atoms with Crippen LogP contribution in [0, 0.1) is 6.92 Å². The first kappa shape index (κ1) is 18.3. The summed E-state index contributed by atoms with van der Waals surface area (Å²) in [7, 11) is 0. The first-order valence-electron chi connectivity index (χ1n) is 9.35. The zero-order valence-corrected chi connectivity index (χ0v) is 15.9. The van der Waals surface area contributed by atoms with Crippen molar-refractivity contribution in [3.8, 4) is 5.75 Å². The van der Waals surface area contributed by atoms with Crippen LogP contribution in [-0.2, 0) is 4.79 Å². The van der Waals surface area contributed by atoms with Crippen molar-refractivity contribution in [3.05, 3.63) is 59.7 Å². The second kappa shape index (κ2) is 8.26. The van der Waals surface area contributed by atoms with E-state index in [1.807, 2.05) is 23.1 Å². The van der Waals surface area contributed by atoms with Gasteiger partial charge >= 0.3 is 0 Å². The number of carbonyl (C=O) groups excluding carboxylic acids is 1. The number of rotatable bonds is 5. The Labute approximate surface area is 156 Å². The summed E-state index contributed by atoms with van der Waals surface area (Å²) in [5.74, 6) is 1.27. The zero-order chi connectivity index (χ0) is 18.5. The topological polar surface area (TPSA) is 32.8 Å². The summed E-state index contributed by atoms with van der Waals surface area (Å²) in [5.41, 5.74) is 3.72. The van der Waals surface area contributed by atoms with Crippen LogP contribution in [0.4, 0.5) is 5.69 Å². The summed E-state index contributed by atoms with van der Waals surface area (Å²) in [6.07, 6.45) is 0. The van der Waals surface area contributed by atoms with Crippen molar-refractivity contribution in [3.63, 3.8) is 0 Å². The number of amides is 1. The van der Waals surface area contributed by atoms with Crippen molar-refractivity contribution in [1.29, 1.82) is 0 Å². The molecular weight excluding hydrogens is 324 g/mol. The minimum Gasteiger partial charge on any atom is -0.484 e. The maximum atomic E-state index is 12.5. The number of carbonyl (C=O) groups is 1. The van der Waals surface area contributed by atoms with Gasteiger partial charge in [-0.1, -0.05) is 38.1 Å². The maximum Gasteiger partial charge on any atom is 0.260 e. The van der Waals surface area contributed by atoms with Crippen LogP contribution in [0.2, 0.25) is 0 Å². The monoisotopic (exact) mass is 352 g/mol. The van der Waals surface area contributed by atoms with Crippen LogP contribution in [0.5, 0.6) is 5.75 Å². The largest absolute Gasteiger partial charge is 0.484 e. The molecule has 0 spiro atoms. The molecule has 0 N–H and O–H groups in total. The Bertz CT molecular complexity index is 749. The van der Waals surface area contributed by atoms with E-state index in [-0.39, 0.29) is 12.5 Å². The van der Waals surface area contributed by atoms with E-state index in [1.165, 1.54) is 16.8 Å². The molecule has 4 heteroatoms. The Morgan fingerprint density at radius 3 is 2.46 bits per heavy atom. The molecule has 1 aliphatic rings. The molecule has 1 saturated heterocycles. The third-order valence-electron chi connectivity index (χ3n) is 4.89. The molecule has 0 aliphatic carbocycles. The predicted molar refractivity (Wildman–Crippen MR) is 106 cm³/mol. The number of nitrogens with zero attached hydrogens (tertiary/aromatic N) is 2. The molecule has 0 bridgehead atoms. The summed E-state index contributed by atoms with van der Waals surface area (Å²) in [6, 6.07) is 16.5. The molecule has 0 radical (unpaired) electrons. The molecule has 138 valence electrons. The summed E-state index contributed by atoms with van der Waals surface area (Å²) < 4.78 is 5.73. The van der Waals surface area contributed by atoms with Gasteiger partial charge in [0.2, 0.25) is 0 Å². The van der Waals surface area contributed by atoms with Gasteiger partial charge in [0.15, 0.2) is 6.61 Å². The summed E-state index contributed by atoms with van der Waals surface area (Å²) in [5, 5.41) is 0. The van der Waals surface area contributed by atoms with E-state index >= 15 is 0 Å². The van der Waals surface area contributed by atoms with E-state index in [2.05, 4.69) is 56.0 Å². The summed E-state index contributed by atoms with van der Waals surface area (Å²) >= 11 is 0. The first-order valence-corrected chi connectivity index (χ1v) is 9.35. The van der Waals surface area contributed by atoms with Crippen LogP contribution in [-0.4, -0.2) is 43.6 Å². The van der Waals surface area contributed by atoms with Crippen molar-refractivity contribution in [2.24, 2.45) is 0 Å². The lowest BCUT2D eigenvalue weighted by Gasteiger charge is -2.36. The van der Waals surface area contributed by atoms with Crippen LogP contribution < -0.4 is 9.64 Å². The zero-order valence-electron chi connectivity index (χ0n) is 15.9. The molecule has 0 unspecified atom stereocenters. The van der Waals surface area contributed by atoms with Gasteiger partial charge in [-0.2, -0.15) is 0 Å². The fourth-order valence-corrected chi connectivity index (χ4v) is 3.24. The van der Waals surface area contributed by atoms with E-state index in [1.54, 1.807) is 0 Å². The lowest BCUT2D eigenvalue weighted by Crippen LogP contribution is -2.50. The molecule has 0 atom stereocenters. The average Bonchev–Trinajstić information content (AvgIpc) is 2.66. The van der Waals surface area contributed by atoms with Crippen LogP contribution >= 0.6 is 0 Å². The average molecular weight is 352 g/mol. The molecule has 2 aromatic carbocycles. The highest BCUT2D eigenvalue weighted by Gasteiger charge is 2.21. The lowest BCUT2D eigenvalue weighted by atomic mass is 10.0. The lowest BCUT2D eigenvalue weighted by molar-refractivity contribution is -0.133. The van der Waals surface area contributed by atoms with Crippen molar-refractivity contribution in [1.82, 2.24) is 4.90 Å². The van der Waals surface area contributed by atoms with E-state index in [0.29, 0.717) is 5.92 Å². The second-order valence-corrected chi connectivity index (χ2v) is 7.22. The van der Waals surface area contributed by atoms with Gasteiger partial charge in [0.25, 0.3) is 5.91 Å². The molecule has 26 heavy (non-hydrogen) atoms. The minimum atomic E-state index is 0.0591. The number of aryl methyl sites for hydroxylation is 1. The Balaban J connectivity index is 1.50. The number of hydrogen-bond donors (Lipinski definition) is 0. The first-order chi connectivity index (χ1) is 12.5. The molecule has 0 aromatic heterocycles. The van der Waals surface area contributed by atoms with Crippen LogP contribution in [0.3, 0.4) is 0 Å². The van der Waals surface area contributed by atoms with Gasteiger partial charge in [-0.05, 0) is 48.2 Å². The molecular formula is C22H28N2O2. The molecule has 1 aliphatic heterocycles. The smallest absolute Gasteiger partial charge is 0.260 e. The van der Waals surface area contributed by atoms with Crippen molar-refractivity contribution in [2.45, 2.75) is 26.7 Å². The van der Waals surface area contributed by atoms with Gasteiger partial charge in [-0.3, -0.25) is 4.79 Å². The minimum absolute atomic E-state index is 0.0591. The van der Waals surface area contributed by atoms with E-state index in [0.717, 1.165) is 31.9 Å². The summed E-state index contributed by atoms with van der Waals surface area (Å²) in [4.78, 5) is 16.7. The van der Waals surface area contributed by atoms with Gasteiger partial charge in [0.1, 0.15) is 5.75 Å². The number of benzene rings is 2. The fourth-order valence-electron chi connectivity index (χ4n) is 3.24. The van der Waals surface area contributed by atoms with Crippen LogP contribution in [0.25, 0.3) is 0 Å². The standard InChI is InChI=1S/C22H28N2O2/c1-17(2)19-7-5-9-21(15-19)26-16-22(25)24-12-10-23(11-13-24)20-8-4-6-18(3)14-20/h4-9,14-15,17H,10-13,16H2,1-3H3. The van der Waals surface area contributed by atoms with Gasteiger partial charge in [0, 0.05) is 31.9 Å². The molecule has 3 rings (SSSR count). The van der Waals surface area contributed by atoms with E-state index in [9.17, 15) is 4.79 Å². The van der Waals surface area contributed by atoms with Gasteiger partial charge in [0.05, 0.1) is 0 Å². The van der Waals surface area contributed by atoms with Crippen molar-refractivity contribution in [2.75, 3.05) is 37.7 Å². The normalized spacial score (nSPS) is 14.6. The molecule has 0 saturated carbocycles. The number of ether oxygens (including phenoxy) is 1. The highest BCUT2D eigenvalue weighted by molar-refractivity contribution is 5.78. The quantitative estimate of drug-likeness (QED) is 0.819. The highest BCUT2D eigenvalue weighted by Crippen LogP contribution is 2.21. The van der Waals surface area contributed by atoms with Gasteiger partial charge < -0.3 is 14.5 Å². The SMILES string of the molecule is Cc1cccc(N2CCN(C(=O)COc3cccc(C(C)C)c3)CC2)c1. The number of hydrogen-bond acceptors (Lipinski definition) is 3. The number of anilines is 1. The van der Waals surface area contributed by atoms with Gasteiger partial charge in [-0.25, -0.2) is 0 Å². The number of piperazine rings is 1. The second-order valence-electron chi connectivity index (χ2n) is 7.22. The fraction of sp³-hybridized carbons (Fsp3) is 0.409. The third-order valence-corrected chi connectivity index (χ3v) is 4.89. The van der Waals surface area contributed by atoms with E-state index in [4.69, 9.17) is 4.74 Å². The third kappa shape index (κ3) is 4.57. The highest BCUT2D eigenvalue weighted by atomic mass is 16.5. The van der Waals surface area contributed by atoms with Crippen LogP contribution in [0.15, 0.2) is 48.5 Å². The van der Waals surface area contributed by atoms with Crippen molar-refractivity contribution < 1.29 is 9.53 Å². The van der Waals surface area contributed by atoms with Crippen LogP contribution in [0.1, 0.15) is 30.9 Å². The summed E-state index contributed by atoms with van der Waals surface area (Å²) in [6.45, 7) is 9.71. The molecule has 2 aromatic rings. The molecule has 4 nitrogen and oxygen atoms in total. The molecule has 1 heterocycles. The predicted octanol–water partition coefficient (Wildman–Crippen LogP) is 3.85. The molecule has 1 amide bonds. The molecule has 1 fully saturated rings. The van der Waals surface area contributed by atoms with E-state index < -0.39 is 0 Å². The van der Waals surface area contributed by atoms with Crippen molar-refractivity contribution >= 4 is 11.6 Å². The maximum absolute atomic E-state index is 12.5.